The Kier molecular flexibility index (Phi) is 7.76. The molecule has 0 aliphatic carbocycles. The summed E-state index contributed by atoms with van der Waals surface area (Å²) in [5, 5.41) is 3.37. The Morgan fingerprint density at radius 2 is 2.00 bits per heavy atom. The van der Waals surface area contributed by atoms with E-state index < -0.39 is 0 Å². The molecular formula is C19H24N2O3S. The lowest BCUT2D eigenvalue weighted by Crippen LogP contribution is -2.23. The maximum absolute atomic E-state index is 12.5. The second-order valence-electron chi connectivity index (χ2n) is 5.69. The van der Waals surface area contributed by atoms with E-state index in [2.05, 4.69) is 24.1 Å². The monoisotopic (exact) mass is 360 g/mol. The van der Waals surface area contributed by atoms with Crippen molar-refractivity contribution in [2.24, 2.45) is 0 Å². The first-order valence-corrected chi connectivity index (χ1v) is 9.08. The van der Waals surface area contributed by atoms with Gasteiger partial charge in [-0.3, -0.25) is 4.79 Å². The van der Waals surface area contributed by atoms with Crippen LogP contribution in [0.4, 0.5) is 0 Å². The second kappa shape index (κ2) is 10.1. The number of ether oxygens (including phenoxy) is 2. The third kappa shape index (κ3) is 6.40. The summed E-state index contributed by atoms with van der Waals surface area (Å²) in [7, 11) is 1.63. The molecule has 0 radical (unpaired) electrons. The maximum Gasteiger partial charge on any atom is 0.252 e. The minimum Gasteiger partial charge on any atom is -0.475 e. The van der Waals surface area contributed by atoms with Gasteiger partial charge in [0, 0.05) is 36.1 Å². The van der Waals surface area contributed by atoms with Crippen LogP contribution in [0.3, 0.4) is 0 Å². The van der Waals surface area contributed by atoms with E-state index >= 15 is 0 Å². The molecule has 2 aromatic rings. The van der Waals surface area contributed by atoms with Crippen molar-refractivity contribution in [1.29, 1.82) is 0 Å². The molecule has 0 fully saturated rings. The van der Waals surface area contributed by atoms with Crippen molar-refractivity contribution in [1.82, 2.24) is 10.3 Å². The fraction of sp³-hybridized carbons (Fsp3) is 0.368. The van der Waals surface area contributed by atoms with Crippen LogP contribution in [-0.4, -0.2) is 36.5 Å². The molecule has 0 spiro atoms. The molecule has 134 valence electrons. The maximum atomic E-state index is 12.5. The first kappa shape index (κ1) is 19.3. The van der Waals surface area contributed by atoms with Gasteiger partial charge >= 0.3 is 0 Å². The van der Waals surface area contributed by atoms with E-state index in [9.17, 15) is 4.79 Å². The molecule has 0 saturated heterocycles. The summed E-state index contributed by atoms with van der Waals surface area (Å²) >= 11 is 1.69. The second-order valence-corrected chi connectivity index (χ2v) is 7.31. The number of rotatable bonds is 9. The van der Waals surface area contributed by atoms with Crippen LogP contribution in [-0.2, 0) is 11.3 Å². The standard InChI is InChI=1S/C19H24N2O3S/c1-14(2)25-17-7-5-4-6-16(17)19(22)21-13-15-8-9-18(20-12-15)24-11-10-23-3/h4-9,12,14H,10-11,13H2,1-3H3,(H,21,22). The van der Waals surface area contributed by atoms with Crippen molar-refractivity contribution in [3.8, 4) is 5.88 Å². The van der Waals surface area contributed by atoms with Crippen LogP contribution in [0.25, 0.3) is 0 Å². The van der Waals surface area contributed by atoms with Crippen LogP contribution in [0.5, 0.6) is 5.88 Å². The average molecular weight is 360 g/mol. The molecule has 2 rings (SSSR count). The van der Waals surface area contributed by atoms with Crippen LogP contribution in [0.2, 0.25) is 0 Å². The van der Waals surface area contributed by atoms with Gasteiger partial charge in [0.1, 0.15) is 6.61 Å². The summed E-state index contributed by atoms with van der Waals surface area (Å²) in [6.07, 6.45) is 1.71. The average Bonchev–Trinajstić information content (AvgIpc) is 2.61. The zero-order chi connectivity index (χ0) is 18.1. The number of hydrogen-bond donors (Lipinski definition) is 1. The van der Waals surface area contributed by atoms with Crippen molar-refractivity contribution >= 4 is 17.7 Å². The third-order valence-corrected chi connectivity index (χ3v) is 4.36. The molecule has 6 heteroatoms. The lowest BCUT2D eigenvalue weighted by Gasteiger charge is -2.11. The van der Waals surface area contributed by atoms with Gasteiger partial charge in [0.25, 0.3) is 5.91 Å². The normalized spacial score (nSPS) is 10.7. The molecule has 25 heavy (non-hydrogen) atoms. The number of thioether (sulfide) groups is 1. The molecule has 0 saturated carbocycles. The number of nitrogens with one attached hydrogen (secondary N) is 1. The number of hydrogen-bond acceptors (Lipinski definition) is 5. The van der Waals surface area contributed by atoms with Crippen molar-refractivity contribution in [2.45, 2.75) is 30.5 Å². The van der Waals surface area contributed by atoms with Crippen molar-refractivity contribution in [2.75, 3.05) is 20.3 Å². The minimum absolute atomic E-state index is 0.0795. The Labute approximate surface area is 153 Å². The minimum atomic E-state index is -0.0795. The fourth-order valence-corrected chi connectivity index (χ4v) is 3.07. The van der Waals surface area contributed by atoms with Gasteiger partial charge in [-0.1, -0.05) is 32.0 Å². The van der Waals surface area contributed by atoms with Crippen molar-refractivity contribution in [3.05, 3.63) is 53.7 Å². The van der Waals surface area contributed by atoms with Gasteiger partial charge in [0.2, 0.25) is 5.88 Å². The predicted molar refractivity (Wildman–Crippen MR) is 100 cm³/mol. The summed E-state index contributed by atoms with van der Waals surface area (Å²) in [5.74, 6) is 0.468. The van der Waals surface area contributed by atoms with Gasteiger partial charge < -0.3 is 14.8 Å². The lowest BCUT2D eigenvalue weighted by atomic mass is 10.2. The van der Waals surface area contributed by atoms with E-state index in [0.717, 1.165) is 10.5 Å². The zero-order valence-electron chi connectivity index (χ0n) is 14.8. The summed E-state index contributed by atoms with van der Waals surface area (Å²) in [4.78, 5) is 17.7. The Hall–Kier alpha value is -2.05. The highest BCUT2D eigenvalue weighted by Gasteiger charge is 2.12. The Morgan fingerprint density at radius 3 is 2.68 bits per heavy atom. The molecule has 0 unspecified atom stereocenters. The summed E-state index contributed by atoms with van der Waals surface area (Å²) < 4.78 is 10.3. The van der Waals surface area contributed by atoms with Gasteiger partial charge in [-0.05, 0) is 17.7 Å². The summed E-state index contributed by atoms with van der Waals surface area (Å²) in [6.45, 7) is 5.63. The van der Waals surface area contributed by atoms with Gasteiger partial charge in [-0.25, -0.2) is 4.98 Å². The largest absolute Gasteiger partial charge is 0.475 e. The van der Waals surface area contributed by atoms with Gasteiger partial charge in [-0.2, -0.15) is 0 Å². The number of benzene rings is 1. The van der Waals surface area contributed by atoms with E-state index in [1.54, 1.807) is 31.1 Å². The fourth-order valence-electron chi connectivity index (χ4n) is 2.12. The SMILES string of the molecule is COCCOc1ccc(CNC(=O)c2ccccc2SC(C)C)cn1. The van der Waals surface area contributed by atoms with Crippen molar-refractivity contribution < 1.29 is 14.3 Å². The Bertz CT molecular complexity index is 675. The molecule has 1 aromatic carbocycles. The molecule has 1 amide bonds. The molecular weight excluding hydrogens is 336 g/mol. The molecule has 1 N–H and O–H groups in total. The first-order valence-electron chi connectivity index (χ1n) is 8.20. The number of carbonyl (C=O) groups excluding carboxylic acids is 1. The molecule has 1 aromatic heterocycles. The number of carbonyl (C=O) groups is 1. The van der Waals surface area contributed by atoms with E-state index in [1.165, 1.54) is 0 Å². The summed E-state index contributed by atoms with van der Waals surface area (Å²) in [5.41, 5.74) is 1.62. The zero-order valence-corrected chi connectivity index (χ0v) is 15.6. The molecule has 0 bridgehead atoms. The topological polar surface area (TPSA) is 60.5 Å². The van der Waals surface area contributed by atoms with Crippen LogP contribution >= 0.6 is 11.8 Å². The van der Waals surface area contributed by atoms with E-state index in [-0.39, 0.29) is 5.91 Å². The number of methoxy groups -OCH3 is 1. The molecule has 0 aliphatic heterocycles. The molecule has 1 heterocycles. The highest BCUT2D eigenvalue weighted by molar-refractivity contribution is 8.00. The number of pyridine rings is 1. The van der Waals surface area contributed by atoms with E-state index in [4.69, 9.17) is 9.47 Å². The van der Waals surface area contributed by atoms with Crippen LogP contribution in [0.15, 0.2) is 47.5 Å². The summed E-state index contributed by atoms with van der Waals surface area (Å²) in [6, 6.07) is 11.4. The molecule has 5 nitrogen and oxygen atoms in total. The number of aromatic nitrogens is 1. The van der Waals surface area contributed by atoms with Gasteiger partial charge in [0.05, 0.1) is 12.2 Å². The van der Waals surface area contributed by atoms with Crippen LogP contribution in [0, 0.1) is 0 Å². The first-order chi connectivity index (χ1) is 12.1. The number of amides is 1. The Balaban J connectivity index is 1.92. The smallest absolute Gasteiger partial charge is 0.252 e. The van der Waals surface area contributed by atoms with E-state index in [0.29, 0.717) is 36.5 Å². The molecule has 0 atom stereocenters. The van der Waals surface area contributed by atoms with Gasteiger partial charge in [-0.15, -0.1) is 11.8 Å². The van der Waals surface area contributed by atoms with E-state index in [1.807, 2.05) is 30.3 Å². The highest BCUT2D eigenvalue weighted by atomic mass is 32.2. The number of nitrogens with zero attached hydrogens (tertiary/aromatic N) is 1. The Morgan fingerprint density at radius 1 is 1.20 bits per heavy atom. The predicted octanol–water partition coefficient (Wildman–Crippen LogP) is 3.54. The van der Waals surface area contributed by atoms with Gasteiger partial charge in [0.15, 0.2) is 0 Å². The molecule has 0 aliphatic rings. The van der Waals surface area contributed by atoms with Crippen molar-refractivity contribution in [3.63, 3.8) is 0 Å². The van der Waals surface area contributed by atoms with Crippen LogP contribution < -0.4 is 10.1 Å². The quantitative estimate of drug-likeness (QED) is 0.547. The highest BCUT2D eigenvalue weighted by Crippen LogP contribution is 2.26. The van der Waals surface area contributed by atoms with Crippen LogP contribution in [0.1, 0.15) is 29.8 Å². The third-order valence-electron chi connectivity index (χ3n) is 3.28. The lowest BCUT2D eigenvalue weighted by molar-refractivity contribution is 0.0948.